The van der Waals surface area contributed by atoms with E-state index in [4.69, 9.17) is 0 Å². The van der Waals surface area contributed by atoms with Crippen molar-refractivity contribution in [1.82, 2.24) is 4.57 Å². The van der Waals surface area contributed by atoms with Crippen LogP contribution in [0.2, 0.25) is 0 Å². The van der Waals surface area contributed by atoms with Gasteiger partial charge in [0, 0.05) is 23.9 Å². The molecule has 0 fully saturated rings. The molecule has 3 aromatic rings. The van der Waals surface area contributed by atoms with Gasteiger partial charge in [-0.15, -0.1) is 0 Å². The van der Waals surface area contributed by atoms with Gasteiger partial charge in [0.05, 0.1) is 5.69 Å². The van der Waals surface area contributed by atoms with E-state index in [1.54, 1.807) is 24.3 Å². The third-order valence-electron chi connectivity index (χ3n) is 6.98. The van der Waals surface area contributed by atoms with Gasteiger partial charge in [0.2, 0.25) is 0 Å². The Morgan fingerprint density at radius 3 is 1.76 bits per heavy atom. The maximum absolute atomic E-state index is 12.9. The summed E-state index contributed by atoms with van der Waals surface area (Å²) in [5.74, 6) is -4.14. The van der Waals surface area contributed by atoms with Crippen LogP contribution in [0, 0.1) is 6.92 Å². The number of alkyl halides is 5. The first-order valence-corrected chi connectivity index (χ1v) is 13.1. The Morgan fingerprint density at radius 1 is 0.676 bits per heavy atom. The molecular weight excluding hydrogens is 489 g/mol. The minimum Gasteiger partial charge on any atom is -0.508 e. The van der Waals surface area contributed by atoms with Gasteiger partial charge in [-0.3, -0.25) is 0 Å². The first-order chi connectivity index (χ1) is 17.5. The fraction of sp³-hybridized carbons (Fsp3) is 0.517. The normalized spacial score (nSPS) is 12.5. The van der Waals surface area contributed by atoms with Crippen molar-refractivity contribution in [3.8, 4) is 22.8 Å². The summed E-state index contributed by atoms with van der Waals surface area (Å²) in [5, 5.41) is 20.7. The largest absolute Gasteiger partial charge is 0.508 e. The monoisotopic (exact) mass is 525 g/mol. The lowest BCUT2D eigenvalue weighted by atomic mass is 10.0. The first kappa shape index (κ1) is 28.8. The van der Waals surface area contributed by atoms with Gasteiger partial charge in [-0.2, -0.15) is 22.0 Å². The highest BCUT2D eigenvalue weighted by molar-refractivity contribution is 5.92. The molecule has 0 saturated carbocycles. The van der Waals surface area contributed by atoms with Crippen LogP contribution < -0.4 is 0 Å². The molecule has 2 aromatic carbocycles. The molecule has 0 atom stereocenters. The Bertz CT molecular complexity index is 1140. The number of aromatic hydroxyl groups is 2. The summed E-state index contributed by atoms with van der Waals surface area (Å²) in [6, 6.07) is 12.6. The van der Waals surface area contributed by atoms with Crippen LogP contribution in [0.4, 0.5) is 22.0 Å². The molecule has 0 bridgehead atoms. The molecule has 3 nitrogen and oxygen atoms in total. The van der Waals surface area contributed by atoms with E-state index < -0.39 is 18.5 Å². The lowest BCUT2D eigenvalue weighted by molar-refractivity contribution is -0.284. The van der Waals surface area contributed by atoms with Gasteiger partial charge < -0.3 is 14.8 Å². The van der Waals surface area contributed by atoms with Crippen LogP contribution in [0.5, 0.6) is 11.5 Å². The van der Waals surface area contributed by atoms with Gasteiger partial charge >= 0.3 is 12.1 Å². The van der Waals surface area contributed by atoms with E-state index in [1.165, 1.54) is 0 Å². The van der Waals surface area contributed by atoms with Crippen molar-refractivity contribution in [3.63, 3.8) is 0 Å². The third kappa shape index (κ3) is 7.62. The molecule has 204 valence electrons. The van der Waals surface area contributed by atoms with Crippen molar-refractivity contribution in [2.24, 2.45) is 0 Å². The number of benzene rings is 2. The number of aryl methyl sites for hydroxylation is 2. The van der Waals surface area contributed by atoms with Crippen molar-refractivity contribution in [3.05, 3.63) is 48.0 Å². The molecule has 0 aliphatic rings. The molecule has 8 heteroatoms. The molecule has 0 unspecified atom stereocenters. The maximum atomic E-state index is 12.9. The Morgan fingerprint density at radius 2 is 1.19 bits per heavy atom. The van der Waals surface area contributed by atoms with Crippen LogP contribution in [0.1, 0.15) is 76.2 Å². The molecule has 0 radical (unpaired) electrons. The topological polar surface area (TPSA) is 45.4 Å². The van der Waals surface area contributed by atoms with Crippen molar-refractivity contribution >= 4 is 10.9 Å². The predicted molar refractivity (Wildman–Crippen MR) is 137 cm³/mol. The highest BCUT2D eigenvalue weighted by Crippen LogP contribution is 2.39. The van der Waals surface area contributed by atoms with Crippen molar-refractivity contribution < 1.29 is 32.2 Å². The standard InChI is InChI=1S/C29H36F5NO2/c1-21-25-20-24(37)16-17-26(25)35(27(21)22-12-14-23(36)15-13-22)19-11-9-7-5-3-2-4-6-8-10-18-28(30,31)29(32,33)34/h12-17,20,36-37H,2-11,18-19H2,1H3. The summed E-state index contributed by atoms with van der Waals surface area (Å²) >= 11 is 0. The minimum absolute atomic E-state index is 0.105. The zero-order valence-corrected chi connectivity index (χ0v) is 21.3. The van der Waals surface area contributed by atoms with Crippen LogP contribution in [-0.4, -0.2) is 26.9 Å². The highest BCUT2D eigenvalue weighted by Gasteiger charge is 2.56. The molecule has 3 rings (SSSR count). The second kappa shape index (κ2) is 12.7. The molecule has 1 heterocycles. The summed E-state index contributed by atoms with van der Waals surface area (Å²) in [4.78, 5) is 0. The number of fused-ring (bicyclic) bond motifs is 1. The Labute approximate surface area is 214 Å². The number of phenolic OH excluding ortho intramolecular Hbond substituents is 2. The number of rotatable bonds is 14. The quantitative estimate of drug-likeness (QED) is 0.163. The van der Waals surface area contributed by atoms with Gasteiger partial charge in [0.1, 0.15) is 11.5 Å². The summed E-state index contributed by atoms with van der Waals surface area (Å²) in [7, 11) is 0. The summed E-state index contributed by atoms with van der Waals surface area (Å²) in [5.41, 5.74) is 4.23. The van der Waals surface area contributed by atoms with E-state index in [1.807, 2.05) is 25.1 Å². The van der Waals surface area contributed by atoms with E-state index >= 15 is 0 Å². The number of aromatic nitrogens is 1. The number of phenols is 2. The third-order valence-corrected chi connectivity index (χ3v) is 6.98. The second-order valence-electron chi connectivity index (χ2n) is 9.86. The fourth-order valence-corrected chi connectivity index (χ4v) is 4.91. The van der Waals surface area contributed by atoms with Crippen LogP contribution in [0.3, 0.4) is 0 Å². The SMILES string of the molecule is Cc1c(-c2ccc(O)cc2)n(CCCCCCCCCCCCC(F)(F)C(F)(F)F)c2ccc(O)cc12. The van der Waals surface area contributed by atoms with Crippen molar-refractivity contribution in [2.75, 3.05) is 0 Å². The number of nitrogens with zero attached hydrogens (tertiary/aromatic N) is 1. The first-order valence-electron chi connectivity index (χ1n) is 13.1. The fourth-order valence-electron chi connectivity index (χ4n) is 4.91. The number of hydrogen-bond acceptors (Lipinski definition) is 2. The summed E-state index contributed by atoms with van der Waals surface area (Å²) < 4.78 is 64.5. The van der Waals surface area contributed by atoms with Crippen molar-refractivity contribution in [2.45, 2.75) is 96.2 Å². The average Bonchev–Trinajstić information content (AvgIpc) is 3.10. The maximum Gasteiger partial charge on any atom is 0.453 e. The molecule has 0 aliphatic heterocycles. The lowest BCUT2D eigenvalue weighted by Gasteiger charge is -2.19. The van der Waals surface area contributed by atoms with Crippen molar-refractivity contribution in [1.29, 1.82) is 0 Å². The smallest absolute Gasteiger partial charge is 0.453 e. The lowest BCUT2D eigenvalue weighted by Crippen LogP contribution is -2.36. The predicted octanol–water partition coefficient (Wildman–Crippen LogP) is 9.52. The zero-order chi connectivity index (χ0) is 27.1. The van der Waals surface area contributed by atoms with Crippen LogP contribution in [0.15, 0.2) is 42.5 Å². The van der Waals surface area contributed by atoms with Gasteiger partial charge in [-0.25, -0.2) is 0 Å². The second-order valence-corrected chi connectivity index (χ2v) is 9.86. The van der Waals surface area contributed by atoms with Crippen LogP contribution in [-0.2, 0) is 6.54 Å². The molecule has 1 aromatic heterocycles. The Hall–Kier alpha value is -2.77. The Kier molecular flexibility index (Phi) is 9.85. The molecule has 37 heavy (non-hydrogen) atoms. The van der Waals surface area contributed by atoms with E-state index in [0.29, 0.717) is 12.8 Å². The summed E-state index contributed by atoms with van der Waals surface area (Å²) in [6.45, 7) is 2.87. The van der Waals surface area contributed by atoms with Crippen LogP contribution in [0.25, 0.3) is 22.2 Å². The Balaban J connectivity index is 1.40. The minimum atomic E-state index is -5.45. The summed E-state index contributed by atoms with van der Waals surface area (Å²) in [6.07, 6.45) is 1.44. The van der Waals surface area contributed by atoms with Gasteiger partial charge in [-0.05, 0) is 73.4 Å². The molecule has 0 aliphatic carbocycles. The van der Waals surface area contributed by atoms with E-state index in [-0.39, 0.29) is 17.9 Å². The van der Waals surface area contributed by atoms with Gasteiger partial charge in [0.15, 0.2) is 0 Å². The number of halogens is 5. The molecular formula is C29H36F5NO2. The number of hydrogen-bond donors (Lipinski definition) is 2. The highest BCUT2D eigenvalue weighted by atomic mass is 19.4. The molecule has 0 spiro atoms. The molecule has 2 N–H and O–H groups in total. The van der Waals surface area contributed by atoms with E-state index in [9.17, 15) is 32.2 Å². The average molecular weight is 526 g/mol. The number of unbranched alkanes of at least 4 members (excludes halogenated alkanes) is 9. The molecule has 0 saturated heterocycles. The van der Waals surface area contributed by atoms with Gasteiger partial charge in [-0.1, -0.05) is 51.4 Å². The van der Waals surface area contributed by atoms with Gasteiger partial charge in [0.25, 0.3) is 0 Å². The van der Waals surface area contributed by atoms with Crippen LogP contribution >= 0.6 is 0 Å². The molecule has 0 amide bonds. The zero-order valence-electron chi connectivity index (χ0n) is 21.3. The van der Waals surface area contributed by atoms with E-state index in [0.717, 1.165) is 79.2 Å². The van der Waals surface area contributed by atoms with E-state index in [2.05, 4.69) is 4.57 Å².